The molecule has 158 valence electrons. The Hall–Kier alpha value is -4.53. The predicted molar refractivity (Wildman–Crippen MR) is 105 cm³/mol. The van der Waals surface area contributed by atoms with Crippen LogP contribution in [0.3, 0.4) is 0 Å². The van der Waals surface area contributed by atoms with E-state index in [1.807, 2.05) is 0 Å². The molecule has 0 spiro atoms. The minimum absolute atomic E-state index is 0.0357. The molecule has 0 saturated heterocycles. The largest absolute Gasteiger partial charge is 0.332 e. The van der Waals surface area contributed by atoms with Crippen molar-refractivity contribution in [2.24, 2.45) is 4.99 Å². The minimum Gasteiger partial charge on any atom is -0.332 e. The Morgan fingerprint density at radius 2 is 1.97 bits per heavy atom. The van der Waals surface area contributed by atoms with Crippen molar-refractivity contribution in [3.8, 4) is 17.6 Å². The number of amidine groups is 1. The van der Waals surface area contributed by atoms with Crippen molar-refractivity contribution < 1.29 is 17.7 Å². The van der Waals surface area contributed by atoms with Gasteiger partial charge in [-0.15, -0.1) is 0 Å². The van der Waals surface area contributed by atoms with Gasteiger partial charge in [-0.25, -0.2) is 28.7 Å². The van der Waals surface area contributed by atoms with Gasteiger partial charge in [-0.2, -0.15) is 14.6 Å². The molecule has 3 aliphatic heterocycles. The summed E-state index contributed by atoms with van der Waals surface area (Å²) in [7, 11) is 0. The second-order valence-corrected chi connectivity index (χ2v) is 7.05. The van der Waals surface area contributed by atoms with Crippen LogP contribution in [0.2, 0.25) is 0 Å². The van der Waals surface area contributed by atoms with E-state index in [1.165, 1.54) is 22.2 Å². The van der Waals surface area contributed by atoms with E-state index in [4.69, 9.17) is 4.52 Å². The zero-order chi connectivity index (χ0) is 22.0. The number of rotatable bonds is 2. The van der Waals surface area contributed by atoms with E-state index in [1.54, 1.807) is 35.5 Å². The number of alkyl halides is 1. The molecule has 12 heteroatoms. The predicted octanol–water partition coefficient (Wildman–Crippen LogP) is 3.12. The molecule has 32 heavy (non-hydrogen) atoms. The highest BCUT2D eigenvalue weighted by Crippen LogP contribution is 2.42. The average molecular weight is 436 g/mol. The number of benzene rings is 2. The fraction of sp³-hybridized carbons (Fsp3) is 0.100. The van der Waals surface area contributed by atoms with Gasteiger partial charge in [-0.1, -0.05) is 12.1 Å². The lowest BCUT2D eigenvalue weighted by molar-refractivity contribution is 0.204. The lowest BCUT2D eigenvalue weighted by Crippen LogP contribution is -2.51. The molecular formula is C20H11F3N8O. The Kier molecular flexibility index (Phi) is 3.70. The number of halogens is 3. The van der Waals surface area contributed by atoms with Gasteiger partial charge in [-0.05, 0) is 29.4 Å². The third kappa shape index (κ3) is 2.41. The van der Waals surface area contributed by atoms with Crippen molar-refractivity contribution in [3.05, 3.63) is 71.7 Å². The maximum Gasteiger partial charge on any atom is 0.287 e. The number of para-hydroxylation sites is 1. The Labute approximate surface area is 178 Å². The lowest BCUT2D eigenvalue weighted by Gasteiger charge is -2.39. The van der Waals surface area contributed by atoms with Gasteiger partial charge in [0, 0.05) is 11.6 Å². The summed E-state index contributed by atoms with van der Waals surface area (Å²) in [5.41, 5.74) is 1.15. The van der Waals surface area contributed by atoms with Crippen molar-refractivity contribution in [1.29, 1.82) is 5.26 Å². The molecule has 0 radical (unpaired) electrons. The van der Waals surface area contributed by atoms with Gasteiger partial charge in [0.25, 0.3) is 18.3 Å². The molecule has 0 fully saturated rings. The Morgan fingerprint density at radius 3 is 2.78 bits per heavy atom. The number of aromatic nitrogens is 2. The number of hydrazine groups is 1. The number of nitriles is 1. The van der Waals surface area contributed by atoms with E-state index in [0.717, 1.165) is 17.0 Å². The molecular weight excluding hydrogens is 425 g/mol. The van der Waals surface area contributed by atoms with Crippen LogP contribution in [0.1, 0.15) is 5.56 Å². The zero-order valence-electron chi connectivity index (χ0n) is 16.0. The molecule has 0 amide bonds. The van der Waals surface area contributed by atoms with Gasteiger partial charge in [0.2, 0.25) is 0 Å². The molecule has 1 unspecified atom stereocenters. The van der Waals surface area contributed by atoms with Crippen molar-refractivity contribution in [3.63, 3.8) is 0 Å². The van der Waals surface area contributed by atoms with Crippen LogP contribution in [-0.4, -0.2) is 39.0 Å². The Morgan fingerprint density at radius 1 is 1.12 bits per heavy atom. The third-order valence-corrected chi connectivity index (χ3v) is 5.29. The van der Waals surface area contributed by atoms with E-state index in [0.29, 0.717) is 22.9 Å². The number of nitrogens with zero attached hydrogens (tertiary/aromatic N) is 8. The molecule has 2 aromatic carbocycles. The average Bonchev–Trinajstić information content (AvgIpc) is 3.50. The van der Waals surface area contributed by atoms with E-state index in [2.05, 4.69) is 15.1 Å². The van der Waals surface area contributed by atoms with Crippen LogP contribution in [0, 0.1) is 23.1 Å². The van der Waals surface area contributed by atoms with Crippen LogP contribution in [0.4, 0.5) is 24.8 Å². The normalized spacial score (nSPS) is 18.8. The molecule has 0 saturated carbocycles. The highest BCUT2D eigenvalue weighted by atomic mass is 19.1. The smallest absolute Gasteiger partial charge is 0.287 e. The topological polar surface area (TPSA) is 88.0 Å². The Bertz CT molecular complexity index is 1360. The van der Waals surface area contributed by atoms with Gasteiger partial charge in [0.1, 0.15) is 18.3 Å². The van der Waals surface area contributed by atoms with E-state index in [9.17, 15) is 14.0 Å². The molecule has 3 aliphatic rings. The highest BCUT2D eigenvalue weighted by Gasteiger charge is 2.47. The monoisotopic (exact) mass is 436 g/mol. The van der Waals surface area contributed by atoms with Crippen molar-refractivity contribution in [2.75, 3.05) is 16.6 Å². The van der Waals surface area contributed by atoms with Gasteiger partial charge in [0.15, 0.2) is 17.8 Å². The number of hydrogen-bond donors (Lipinski definition) is 0. The fourth-order valence-electron chi connectivity index (χ4n) is 3.88. The maximum absolute atomic E-state index is 15.1. The molecule has 3 aromatic rings. The Balaban J connectivity index is 1.43. The zero-order valence-corrected chi connectivity index (χ0v) is 16.0. The van der Waals surface area contributed by atoms with E-state index in [-0.39, 0.29) is 24.1 Å². The number of anilines is 2. The molecule has 1 aromatic heterocycles. The van der Waals surface area contributed by atoms with Crippen molar-refractivity contribution in [2.45, 2.75) is 6.42 Å². The first kappa shape index (κ1) is 18.3. The standard InChI is InChI=1S/C20H11F3N8O/c21-11-5-6-12(14(22)7-11)18-26-20(27-32-18)29-10-25-17-13-3-1-2-4-15(13)30-16(31(17)29)8-28(9-24)19(30)23/h1-8,19H,10H2. The van der Waals surface area contributed by atoms with Crippen molar-refractivity contribution in [1.82, 2.24) is 20.0 Å². The molecule has 0 N–H and O–H groups in total. The van der Waals surface area contributed by atoms with Gasteiger partial charge < -0.3 is 4.52 Å². The quantitative estimate of drug-likeness (QED) is 0.447. The van der Waals surface area contributed by atoms with Crippen LogP contribution < -0.4 is 9.91 Å². The SMILES string of the molecule is N#CN1C=C2N(c3ccccc3C3=NCN(c4noc(-c5ccc(F)cc5F)n4)N23)C1F. The second-order valence-electron chi connectivity index (χ2n) is 7.05. The van der Waals surface area contributed by atoms with Gasteiger partial charge in [0.05, 0.1) is 17.5 Å². The minimum atomic E-state index is -1.74. The first-order valence-electron chi connectivity index (χ1n) is 9.40. The van der Waals surface area contributed by atoms with Crippen LogP contribution in [0.15, 0.2) is 64.0 Å². The fourth-order valence-corrected chi connectivity index (χ4v) is 3.88. The summed E-state index contributed by atoms with van der Waals surface area (Å²) in [6.07, 6.45) is 1.42. The first-order chi connectivity index (χ1) is 15.6. The van der Waals surface area contributed by atoms with E-state index >= 15 is 4.39 Å². The first-order valence-corrected chi connectivity index (χ1v) is 9.40. The summed E-state index contributed by atoms with van der Waals surface area (Å²) >= 11 is 0. The van der Waals surface area contributed by atoms with Crippen LogP contribution in [0.5, 0.6) is 0 Å². The maximum atomic E-state index is 15.1. The third-order valence-electron chi connectivity index (χ3n) is 5.29. The molecule has 0 aliphatic carbocycles. The number of fused-ring (bicyclic) bond motifs is 6. The summed E-state index contributed by atoms with van der Waals surface area (Å²) < 4.78 is 47.6. The summed E-state index contributed by atoms with van der Waals surface area (Å²) in [6, 6.07) is 10.1. The molecule has 9 nitrogen and oxygen atoms in total. The molecule has 0 bridgehead atoms. The summed E-state index contributed by atoms with van der Waals surface area (Å²) in [4.78, 5) is 11.0. The molecule has 6 rings (SSSR count). The molecule has 1 atom stereocenters. The molecule has 4 heterocycles. The van der Waals surface area contributed by atoms with Crippen LogP contribution in [0.25, 0.3) is 11.5 Å². The van der Waals surface area contributed by atoms with E-state index < -0.39 is 18.1 Å². The lowest BCUT2D eigenvalue weighted by atomic mass is 10.1. The summed E-state index contributed by atoms with van der Waals surface area (Å²) in [5, 5.41) is 16.3. The van der Waals surface area contributed by atoms with Gasteiger partial charge >= 0.3 is 0 Å². The number of hydrogen-bond acceptors (Lipinski definition) is 9. The van der Waals surface area contributed by atoms with Gasteiger partial charge in [-0.3, -0.25) is 4.90 Å². The summed E-state index contributed by atoms with van der Waals surface area (Å²) in [5.74, 6) is -0.856. The summed E-state index contributed by atoms with van der Waals surface area (Å²) in [6.45, 7) is 0.0726. The van der Waals surface area contributed by atoms with Crippen molar-refractivity contribution >= 4 is 17.5 Å². The highest BCUT2D eigenvalue weighted by molar-refractivity contribution is 6.09. The second kappa shape index (κ2) is 6.48. The van der Waals surface area contributed by atoms with Crippen LogP contribution >= 0.6 is 0 Å². The number of aliphatic imine (C=N–C) groups is 1. The van der Waals surface area contributed by atoms with Crippen LogP contribution in [-0.2, 0) is 0 Å².